The highest BCUT2D eigenvalue weighted by Gasteiger charge is 2.21. The zero-order chi connectivity index (χ0) is 22.7. The summed E-state index contributed by atoms with van der Waals surface area (Å²) in [5, 5.41) is 26.9. The number of aromatic nitrogens is 7. The first-order chi connectivity index (χ1) is 15.3. The van der Waals surface area contributed by atoms with E-state index in [1.165, 1.54) is 6.33 Å². The molecule has 3 N–H and O–H groups in total. The highest BCUT2D eigenvalue weighted by atomic mass is 16.3. The molecule has 0 aromatic carbocycles. The molecule has 1 aliphatic rings. The summed E-state index contributed by atoms with van der Waals surface area (Å²) in [6.07, 6.45) is 7.68. The summed E-state index contributed by atoms with van der Waals surface area (Å²) < 4.78 is 1.67. The van der Waals surface area contributed by atoms with Gasteiger partial charge < -0.3 is 25.3 Å². The van der Waals surface area contributed by atoms with Gasteiger partial charge in [-0.15, -0.1) is 0 Å². The van der Waals surface area contributed by atoms with Crippen LogP contribution in [0, 0.1) is 0 Å². The average molecular weight is 441 g/mol. The van der Waals surface area contributed by atoms with Gasteiger partial charge in [-0.1, -0.05) is 0 Å². The lowest BCUT2D eigenvalue weighted by molar-refractivity contribution is 0.0578. The molecule has 12 heteroatoms. The van der Waals surface area contributed by atoms with Crippen molar-refractivity contribution in [1.82, 2.24) is 34.7 Å². The van der Waals surface area contributed by atoms with Crippen LogP contribution in [0.1, 0.15) is 32.4 Å². The Morgan fingerprint density at radius 2 is 1.66 bits per heavy atom. The molecule has 0 aliphatic carbocycles. The van der Waals surface area contributed by atoms with Gasteiger partial charge in [-0.05, 0) is 20.8 Å². The predicted molar refractivity (Wildman–Crippen MR) is 119 cm³/mol. The Hall–Kier alpha value is -3.38. The Kier molecular flexibility index (Phi) is 6.15. The molecule has 12 nitrogen and oxygen atoms in total. The monoisotopic (exact) mass is 440 g/mol. The van der Waals surface area contributed by atoms with Crippen molar-refractivity contribution in [2.24, 2.45) is 0 Å². The molecule has 1 saturated heterocycles. The zero-order valence-electron chi connectivity index (χ0n) is 18.4. The number of rotatable bonds is 7. The molecule has 0 amide bonds. The first-order valence-corrected chi connectivity index (χ1v) is 10.5. The second-order valence-corrected chi connectivity index (χ2v) is 8.44. The summed E-state index contributed by atoms with van der Waals surface area (Å²) in [6.45, 7) is 8.43. The standard InChI is InChI=1S/C20H28N10O2/c1-14(31)15-8-21-18(22-9-15)28-4-6-29(7-5-28)19-24-13-23-17(27-19)26-16-10-25-30(11-16)12-20(2,3)32/h8-11,13-14,31-32H,4-7,12H2,1-3H3,(H,23,24,26,27). The summed E-state index contributed by atoms with van der Waals surface area (Å²) in [7, 11) is 0. The fourth-order valence-electron chi connectivity index (χ4n) is 3.36. The van der Waals surface area contributed by atoms with Crippen LogP contribution in [-0.4, -0.2) is 76.7 Å². The fourth-order valence-corrected chi connectivity index (χ4v) is 3.36. The molecule has 3 aromatic rings. The quantitative estimate of drug-likeness (QED) is 0.479. The second kappa shape index (κ2) is 9.01. The Morgan fingerprint density at radius 3 is 2.28 bits per heavy atom. The van der Waals surface area contributed by atoms with Crippen LogP contribution >= 0.6 is 0 Å². The number of nitrogens with zero attached hydrogens (tertiary/aromatic N) is 9. The summed E-state index contributed by atoms with van der Waals surface area (Å²) in [5.41, 5.74) is 0.577. The maximum Gasteiger partial charge on any atom is 0.232 e. The first-order valence-electron chi connectivity index (χ1n) is 10.5. The van der Waals surface area contributed by atoms with Gasteiger partial charge >= 0.3 is 0 Å². The van der Waals surface area contributed by atoms with Crippen LogP contribution < -0.4 is 15.1 Å². The molecule has 1 fully saturated rings. The lowest BCUT2D eigenvalue weighted by atomic mass is 10.1. The van der Waals surface area contributed by atoms with Crippen molar-refractivity contribution in [3.05, 3.63) is 36.7 Å². The van der Waals surface area contributed by atoms with E-state index < -0.39 is 11.7 Å². The van der Waals surface area contributed by atoms with Crippen LogP contribution in [0.5, 0.6) is 0 Å². The van der Waals surface area contributed by atoms with E-state index in [2.05, 4.69) is 45.1 Å². The lowest BCUT2D eigenvalue weighted by Crippen LogP contribution is -2.47. The van der Waals surface area contributed by atoms with E-state index in [1.807, 2.05) is 0 Å². The van der Waals surface area contributed by atoms with Crippen molar-refractivity contribution in [3.8, 4) is 0 Å². The largest absolute Gasteiger partial charge is 0.389 e. The molecule has 3 aromatic heterocycles. The van der Waals surface area contributed by atoms with Gasteiger partial charge in [0.15, 0.2) is 0 Å². The Morgan fingerprint density at radius 1 is 1.00 bits per heavy atom. The van der Waals surface area contributed by atoms with Gasteiger partial charge in [-0.3, -0.25) is 4.68 Å². The van der Waals surface area contributed by atoms with Crippen molar-refractivity contribution in [2.75, 3.05) is 41.3 Å². The van der Waals surface area contributed by atoms with E-state index in [0.717, 1.165) is 18.8 Å². The molecule has 0 saturated carbocycles. The SMILES string of the molecule is CC(O)c1cnc(N2CCN(c3ncnc(Nc4cnn(CC(C)(C)O)c4)n3)CC2)nc1. The van der Waals surface area contributed by atoms with E-state index in [0.29, 0.717) is 43.0 Å². The number of nitrogens with one attached hydrogen (secondary N) is 1. The minimum absolute atomic E-state index is 0.382. The van der Waals surface area contributed by atoms with Crippen LogP contribution in [-0.2, 0) is 6.54 Å². The highest BCUT2D eigenvalue weighted by Crippen LogP contribution is 2.18. The maximum atomic E-state index is 9.94. The molecule has 0 spiro atoms. The maximum absolute atomic E-state index is 9.94. The van der Waals surface area contributed by atoms with Crippen molar-refractivity contribution < 1.29 is 10.2 Å². The van der Waals surface area contributed by atoms with Crippen LogP contribution in [0.2, 0.25) is 0 Å². The van der Waals surface area contributed by atoms with E-state index in [9.17, 15) is 10.2 Å². The van der Waals surface area contributed by atoms with Gasteiger partial charge in [0.05, 0.1) is 30.1 Å². The van der Waals surface area contributed by atoms with Crippen LogP contribution in [0.4, 0.5) is 23.5 Å². The smallest absolute Gasteiger partial charge is 0.232 e. The van der Waals surface area contributed by atoms with Crippen LogP contribution in [0.25, 0.3) is 0 Å². The van der Waals surface area contributed by atoms with E-state index in [-0.39, 0.29) is 0 Å². The third-order valence-corrected chi connectivity index (χ3v) is 4.98. The minimum atomic E-state index is -0.851. The fraction of sp³-hybridized carbons (Fsp3) is 0.500. The Bertz CT molecular complexity index is 1020. The third-order valence-electron chi connectivity index (χ3n) is 4.98. The van der Waals surface area contributed by atoms with Gasteiger partial charge in [-0.25, -0.2) is 19.9 Å². The third kappa shape index (κ3) is 5.45. The van der Waals surface area contributed by atoms with Gasteiger partial charge in [0.2, 0.25) is 17.8 Å². The molecule has 32 heavy (non-hydrogen) atoms. The molecular formula is C20H28N10O2. The Balaban J connectivity index is 1.36. The molecule has 4 heterocycles. The summed E-state index contributed by atoms with van der Waals surface area (Å²) in [6, 6.07) is 0. The number of piperazine rings is 1. The predicted octanol–water partition coefficient (Wildman–Crippen LogP) is 0.752. The van der Waals surface area contributed by atoms with Gasteiger partial charge in [0.25, 0.3) is 0 Å². The molecule has 170 valence electrons. The van der Waals surface area contributed by atoms with Crippen LogP contribution in [0.3, 0.4) is 0 Å². The van der Waals surface area contributed by atoms with E-state index in [1.54, 1.807) is 50.2 Å². The Labute approximate surface area is 186 Å². The molecule has 1 aliphatic heterocycles. The van der Waals surface area contributed by atoms with Gasteiger partial charge in [0.1, 0.15) is 6.33 Å². The normalized spacial score (nSPS) is 15.7. The molecular weight excluding hydrogens is 412 g/mol. The summed E-state index contributed by atoms with van der Waals surface area (Å²) >= 11 is 0. The molecule has 1 atom stereocenters. The van der Waals surface area contributed by atoms with E-state index >= 15 is 0 Å². The molecule has 4 rings (SSSR count). The molecule has 0 radical (unpaired) electrons. The highest BCUT2D eigenvalue weighted by molar-refractivity contribution is 5.51. The summed E-state index contributed by atoms with van der Waals surface area (Å²) in [4.78, 5) is 26.0. The first kappa shape index (κ1) is 21.8. The summed E-state index contributed by atoms with van der Waals surface area (Å²) in [5.74, 6) is 1.67. The van der Waals surface area contributed by atoms with Crippen molar-refractivity contribution in [2.45, 2.75) is 39.0 Å². The zero-order valence-corrected chi connectivity index (χ0v) is 18.4. The molecule has 0 bridgehead atoms. The number of aliphatic hydroxyl groups is 2. The van der Waals surface area contributed by atoms with Crippen molar-refractivity contribution in [1.29, 1.82) is 0 Å². The van der Waals surface area contributed by atoms with E-state index in [4.69, 9.17) is 0 Å². The van der Waals surface area contributed by atoms with Gasteiger partial charge in [-0.2, -0.15) is 10.1 Å². The van der Waals surface area contributed by atoms with Crippen molar-refractivity contribution in [3.63, 3.8) is 0 Å². The molecule has 1 unspecified atom stereocenters. The number of hydrogen-bond acceptors (Lipinski definition) is 11. The van der Waals surface area contributed by atoms with Crippen molar-refractivity contribution >= 4 is 23.5 Å². The van der Waals surface area contributed by atoms with Gasteiger partial charge in [0, 0.05) is 50.3 Å². The lowest BCUT2D eigenvalue weighted by Gasteiger charge is -2.34. The minimum Gasteiger partial charge on any atom is -0.389 e. The average Bonchev–Trinajstić information content (AvgIpc) is 3.19. The number of anilines is 4. The topological polar surface area (TPSA) is 141 Å². The van der Waals surface area contributed by atoms with Crippen LogP contribution in [0.15, 0.2) is 31.1 Å². The number of hydrogen-bond donors (Lipinski definition) is 3. The second-order valence-electron chi connectivity index (χ2n) is 8.44. The number of aliphatic hydroxyl groups excluding tert-OH is 1.